The summed E-state index contributed by atoms with van der Waals surface area (Å²) in [4.78, 5) is 11.5. The van der Waals surface area contributed by atoms with Crippen LogP contribution in [0, 0.1) is 11.0 Å². The Balaban J connectivity index is 2.71. The fourth-order valence-corrected chi connectivity index (χ4v) is 1.36. The lowest BCUT2D eigenvalue weighted by atomic mass is 10.2. The lowest BCUT2D eigenvalue weighted by molar-refractivity contribution is -0.617. The van der Waals surface area contributed by atoms with Gasteiger partial charge in [-0.3, -0.25) is 0 Å². The van der Waals surface area contributed by atoms with Crippen LogP contribution in [0.25, 0.3) is 0 Å². The molecule has 0 fully saturated rings. The van der Waals surface area contributed by atoms with Crippen LogP contribution in [0.2, 0.25) is 0 Å². The number of hydrogen-bond donors (Lipinski definition) is 1. The lowest BCUT2D eigenvalue weighted by Crippen LogP contribution is -2.40. The molecule has 1 aromatic rings. The van der Waals surface area contributed by atoms with Crippen LogP contribution in [0.5, 0.6) is 0 Å². The zero-order chi connectivity index (χ0) is 13.9. The number of halogens is 1. The van der Waals surface area contributed by atoms with Crippen LogP contribution in [0.4, 0.5) is 9.18 Å². The van der Waals surface area contributed by atoms with Crippen molar-refractivity contribution in [3.63, 3.8) is 0 Å². The summed E-state index contributed by atoms with van der Waals surface area (Å²) in [6.07, 6.45) is 0.183. The van der Waals surface area contributed by atoms with E-state index in [-0.39, 0.29) is 5.69 Å². The topological polar surface area (TPSA) is 65.3 Å². The maximum absolute atomic E-state index is 12.8. The monoisotopic (exact) mass is 256 g/mol. The van der Waals surface area contributed by atoms with Crippen molar-refractivity contribution in [2.24, 2.45) is 0 Å². The molecule has 0 unspecified atom stereocenters. The first-order valence-electron chi connectivity index (χ1n) is 5.57. The second-order valence-corrected chi connectivity index (χ2v) is 4.97. The first kappa shape index (κ1) is 14.2. The first-order valence-corrected chi connectivity index (χ1v) is 5.57. The molecule has 18 heavy (non-hydrogen) atoms. The molecule has 1 amide bonds. The Morgan fingerprint density at radius 1 is 1.50 bits per heavy atom. The number of carbonyl (C=O) groups is 1. The molecule has 100 valence electrons. The number of rotatable bonds is 2. The second-order valence-electron chi connectivity index (χ2n) is 4.97. The van der Waals surface area contributed by atoms with Crippen LogP contribution in [0.3, 0.4) is 0 Å². The summed E-state index contributed by atoms with van der Waals surface area (Å²) in [7, 11) is 0. The highest BCUT2D eigenvalue weighted by Gasteiger charge is 2.21. The number of alkyl carbamates (subject to hydrolysis) is 1. The Kier molecular flexibility index (Phi) is 4.11. The first-order chi connectivity index (χ1) is 8.19. The van der Waals surface area contributed by atoms with Crippen molar-refractivity contribution in [3.05, 3.63) is 35.0 Å². The van der Waals surface area contributed by atoms with Crippen LogP contribution in [0.1, 0.15) is 39.4 Å². The summed E-state index contributed by atoms with van der Waals surface area (Å²) in [6.45, 7) is 6.83. The Labute approximate surface area is 105 Å². The van der Waals surface area contributed by atoms with Gasteiger partial charge in [0.25, 0.3) is 0 Å². The molecule has 0 aliphatic carbocycles. The molecule has 0 saturated heterocycles. The molecular formula is C12H17FN2O3. The van der Waals surface area contributed by atoms with Crippen LogP contribution < -0.4 is 10.0 Å². The molecular weight excluding hydrogens is 239 g/mol. The fraction of sp³-hybridized carbons (Fsp3) is 0.500. The number of pyridine rings is 1. The third-order valence-electron chi connectivity index (χ3n) is 2.09. The summed E-state index contributed by atoms with van der Waals surface area (Å²) < 4.78 is 18.2. The van der Waals surface area contributed by atoms with E-state index in [0.29, 0.717) is 4.73 Å². The van der Waals surface area contributed by atoms with Gasteiger partial charge in [0.1, 0.15) is 11.6 Å². The molecule has 1 aromatic heterocycles. The zero-order valence-electron chi connectivity index (χ0n) is 10.9. The molecule has 1 rings (SSSR count). The summed E-state index contributed by atoms with van der Waals surface area (Å²) in [5.41, 5.74) is -0.373. The van der Waals surface area contributed by atoms with E-state index in [9.17, 15) is 14.4 Å². The molecule has 1 N–H and O–H groups in total. The largest absolute Gasteiger partial charge is 0.618 e. The molecule has 0 radical (unpaired) electrons. The van der Waals surface area contributed by atoms with Crippen LogP contribution in [-0.2, 0) is 4.74 Å². The Bertz CT molecular complexity index is 443. The Morgan fingerprint density at radius 2 is 2.11 bits per heavy atom. The number of nitrogens with zero attached hydrogens (tertiary/aromatic N) is 1. The van der Waals surface area contributed by atoms with Gasteiger partial charge in [-0.1, -0.05) is 0 Å². The van der Waals surface area contributed by atoms with Gasteiger partial charge in [-0.05, 0) is 33.8 Å². The van der Waals surface area contributed by atoms with Crippen molar-refractivity contribution in [1.29, 1.82) is 0 Å². The molecule has 0 saturated carbocycles. The summed E-state index contributed by atoms with van der Waals surface area (Å²) in [6, 6.07) is 1.92. The average molecular weight is 256 g/mol. The van der Waals surface area contributed by atoms with E-state index in [0.717, 1.165) is 12.3 Å². The number of carbonyl (C=O) groups excluding carboxylic acids is 1. The minimum Gasteiger partial charge on any atom is -0.618 e. The predicted molar refractivity (Wildman–Crippen MR) is 63.1 cm³/mol. The van der Waals surface area contributed by atoms with Crippen molar-refractivity contribution < 1.29 is 18.7 Å². The van der Waals surface area contributed by atoms with Crippen LogP contribution in [-0.4, -0.2) is 11.7 Å². The van der Waals surface area contributed by atoms with E-state index in [2.05, 4.69) is 5.32 Å². The normalized spacial score (nSPS) is 12.9. The highest BCUT2D eigenvalue weighted by Crippen LogP contribution is 2.11. The Hall–Kier alpha value is -1.85. The molecule has 1 atom stereocenters. The van der Waals surface area contributed by atoms with Crippen molar-refractivity contribution in [2.75, 3.05) is 0 Å². The van der Waals surface area contributed by atoms with E-state index >= 15 is 0 Å². The van der Waals surface area contributed by atoms with Gasteiger partial charge >= 0.3 is 6.09 Å². The standard InChI is InChI=1S/C12H17FN2O3/c1-8(14-11(16)18-12(2,3)4)10-6-5-9(13)7-15(10)17/h5-8H,1-4H3,(H,14,16)/t8-/m1/s1. The number of hydrogen-bond acceptors (Lipinski definition) is 3. The number of nitrogens with one attached hydrogen (secondary N) is 1. The molecule has 0 aliphatic rings. The van der Waals surface area contributed by atoms with Gasteiger partial charge in [0.05, 0.1) is 0 Å². The Morgan fingerprint density at radius 3 is 2.61 bits per heavy atom. The molecule has 0 aromatic carbocycles. The SMILES string of the molecule is C[C@@H](NC(=O)OC(C)(C)C)c1ccc(F)c[n+]1[O-]. The summed E-state index contributed by atoms with van der Waals surface area (Å²) in [5.74, 6) is -0.627. The van der Waals surface area contributed by atoms with E-state index in [4.69, 9.17) is 4.74 Å². The highest BCUT2D eigenvalue weighted by molar-refractivity contribution is 5.68. The second kappa shape index (κ2) is 5.20. The van der Waals surface area contributed by atoms with Gasteiger partial charge in [-0.25, -0.2) is 9.18 Å². The number of aromatic nitrogens is 1. The molecule has 0 aliphatic heterocycles. The summed E-state index contributed by atoms with van der Waals surface area (Å²) >= 11 is 0. The quantitative estimate of drug-likeness (QED) is 0.650. The predicted octanol–water partition coefficient (Wildman–Crippen LogP) is 2.04. The molecule has 5 nitrogen and oxygen atoms in total. The van der Waals surface area contributed by atoms with Crippen molar-refractivity contribution in [3.8, 4) is 0 Å². The average Bonchev–Trinajstić information content (AvgIpc) is 2.13. The van der Waals surface area contributed by atoms with E-state index in [1.807, 2.05) is 0 Å². The maximum Gasteiger partial charge on any atom is 0.408 e. The van der Waals surface area contributed by atoms with Gasteiger partial charge in [-0.2, -0.15) is 4.73 Å². The van der Waals surface area contributed by atoms with Crippen LogP contribution >= 0.6 is 0 Å². The van der Waals surface area contributed by atoms with Crippen molar-refractivity contribution >= 4 is 6.09 Å². The van der Waals surface area contributed by atoms with Gasteiger partial charge < -0.3 is 15.3 Å². The smallest absolute Gasteiger partial charge is 0.408 e. The van der Waals surface area contributed by atoms with Crippen molar-refractivity contribution in [2.45, 2.75) is 39.3 Å². The van der Waals surface area contributed by atoms with Crippen LogP contribution in [0.15, 0.2) is 18.3 Å². The van der Waals surface area contributed by atoms with Gasteiger partial charge in [0.15, 0.2) is 5.82 Å². The minimum atomic E-state index is -0.627. The minimum absolute atomic E-state index is 0.238. The van der Waals surface area contributed by atoms with Crippen molar-refractivity contribution in [1.82, 2.24) is 5.32 Å². The highest BCUT2D eigenvalue weighted by atomic mass is 19.1. The molecule has 0 spiro atoms. The number of amides is 1. The summed E-state index contributed by atoms with van der Waals surface area (Å²) in [5, 5.41) is 13.9. The maximum atomic E-state index is 12.8. The third kappa shape index (κ3) is 4.20. The number of ether oxygens (including phenoxy) is 1. The molecule has 6 heteroatoms. The lowest BCUT2D eigenvalue weighted by Gasteiger charge is -2.21. The van der Waals surface area contributed by atoms with Gasteiger partial charge in [0.2, 0.25) is 11.9 Å². The molecule has 0 bridgehead atoms. The zero-order valence-corrected chi connectivity index (χ0v) is 10.9. The van der Waals surface area contributed by atoms with E-state index < -0.39 is 23.6 Å². The van der Waals surface area contributed by atoms with E-state index in [1.165, 1.54) is 6.07 Å². The van der Waals surface area contributed by atoms with Gasteiger partial charge in [0, 0.05) is 6.07 Å². The van der Waals surface area contributed by atoms with E-state index in [1.54, 1.807) is 27.7 Å². The fourth-order valence-electron chi connectivity index (χ4n) is 1.36. The van der Waals surface area contributed by atoms with Gasteiger partial charge in [-0.15, -0.1) is 0 Å². The third-order valence-corrected chi connectivity index (χ3v) is 2.09. The molecule has 1 heterocycles.